The molecule has 4 rings (SSSR count). The van der Waals surface area contributed by atoms with Crippen LogP contribution < -0.4 is 10.1 Å². The van der Waals surface area contributed by atoms with Gasteiger partial charge in [0.2, 0.25) is 0 Å². The van der Waals surface area contributed by atoms with Crippen LogP contribution in [0.25, 0.3) is 10.2 Å². The summed E-state index contributed by atoms with van der Waals surface area (Å²) in [5.74, 6) is 1.40. The summed E-state index contributed by atoms with van der Waals surface area (Å²) >= 11 is 1.65. The quantitative estimate of drug-likeness (QED) is 0.612. The molecule has 1 aromatic carbocycles. The lowest BCUT2D eigenvalue weighted by molar-refractivity contribution is -0.148. The molecule has 0 saturated carbocycles. The summed E-state index contributed by atoms with van der Waals surface area (Å²) in [4.78, 5) is 23.4. The number of nitrogens with zero attached hydrogens (tertiary/aromatic N) is 2. The highest BCUT2D eigenvalue weighted by atomic mass is 32.1. The minimum Gasteiger partial charge on any atom is -0.495 e. The number of fused-ring (bicyclic) bond motifs is 3. The van der Waals surface area contributed by atoms with Crippen LogP contribution in [0.4, 0.5) is 11.5 Å². The van der Waals surface area contributed by atoms with Crippen LogP contribution in [0, 0.1) is 19.8 Å². The Kier molecular flexibility index (Phi) is 5.41. The number of esters is 1. The lowest BCUT2D eigenvalue weighted by Gasteiger charge is -2.21. The molecule has 6 nitrogen and oxygen atoms in total. The van der Waals surface area contributed by atoms with E-state index in [2.05, 4.69) is 35.2 Å². The lowest BCUT2D eigenvalue weighted by atomic mass is 9.88. The summed E-state index contributed by atoms with van der Waals surface area (Å²) in [5.41, 5.74) is 4.49. The zero-order valence-electron chi connectivity index (χ0n) is 17.2. The van der Waals surface area contributed by atoms with Gasteiger partial charge < -0.3 is 14.8 Å². The van der Waals surface area contributed by atoms with Crippen molar-refractivity contribution in [3.05, 3.63) is 40.0 Å². The van der Waals surface area contributed by atoms with Crippen molar-refractivity contribution in [2.75, 3.05) is 19.0 Å². The van der Waals surface area contributed by atoms with Crippen molar-refractivity contribution in [3.63, 3.8) is 0 Å². The number of nitrogens with one attached hydrogen (secondary N) is 1. The van der Waals surface area contributed by atoms with Crippen molar-refractivity contribution in [2.45, 2.75) is 40.0 Å². The smallest absolute Gasteiger partial charge is 0.309 e. The number of aromatic nitrogens is 2. The van der Waals surface area contributed by atoms with Gasteiger partial charge in [0.15, 0.2) is 0 Å². The lowest BCUT2D eigenvalue weighted by Crippen LogP contribution is -2.23. The van der Waals surface area contributed by atoms with Crippen LogP contribution in [0.1, 0.15) is 34.9 Å². The van der Waals surface area contributed by atoms with Crippen LogP contribution in [0.5, 0.6) is 5.75 Å². The Morgan fingerprint density at radius 3 is 2.83 bits per heavy atom. The number of anilines is 2. The molecule has 7 heteroatoms. The Morgan fingerprint density at radius 1 is 1.28 bits per heavy atom. The number of methoxy groups -OCH3 is 1. The maximum absolute atomic E-state index is 12.2. The average molecular weight is 412 g/mol. The summed E-state index contributed by atoms with van der Waals surface area (Å²) < 4.78 is 10.8. The molecule has 0 radical (unpaired) electrons. The van der Waals surface area contributed by atoms with Crippen molar-refractivity contribution >= 4 is 39.0 Å². The number of hydrogen-bond donors (Lipinski definition) is 1. The van der Waals surface area contributed by atoms with E-state index in [1.54, 1.807) is 24.8 Å². The Morgan fingerprint density at radius 2 is 2.07 bits per heavy atom. The first-order valence-electron chi connectivity index (χ1n) is 9.86. The molecule has 2 aromatic heterocycles. The highest BCUT2D eigenvalue weighted by Gasteiger charge is 2.30. The van der Waals surface area contributed by atoms with Crippen LogP contribution in [-0.4, -0.2) is 29.7 Å². The minimum atomic E-state index is -0.0973. The molecule has 29 heavy (non-hydrogen) atoms. The molecule has 1 aliphatic rings. The summed E-state index contributed by atoms with van der Waals surface area (Å²) in [6.07, 6.45) is 3.91. The van der Waals surface area contributed by atoms with Gasteiger partial charge in [-0.2, -0.15) is 0 Å². The van der Waals surface area contributed by atoms with Crippen LogP contribution in [0.2, 0.25) is 0 Å². The van der Waals surface area contributed by atoms with E-state index in [1.165, 1.54) is 21.6 Å². The van der Waals surface area contributed by atoms with Crippen LogP contribution >= 0.6 is 11.3 Å². The summed E-state index contributed by atoms with van der Waals surface area (Å²) in [6, 6.07) is 4.11. The second kappa shape index (κ2) is 7.99. The number of rotatable bonds is 5. The van der Waals surface area contributed by atoms with Crippen molar-refractivity contribution in [3.8, 4) is 5.75 Å². The Balaban J connectivity index is 1.72. The van der Waals surface area contributed by atoms with Gasteiger partial charge in [0.1, 0.15) is 22.7 Å². The predicted molar refractivity (Wildman–Crippen MR) is 115 cm³/mol. The fraction of sp³-hybridized carbons (Fsp3) is 0.409. The maximum atomic E-state index is 12.2. The summed E-state index contributed by atoms with van der Waals surface area (Å²) in [6.45, 7) is 6.42. The monoisotopic (exact) mass is 411 g/mol. The molecule has 1 unspecified atom stereocenters. The van der Waals surface area contributed by atoms with Gasteiger partial charge in [-0.3, -0.25) is 4.79 Å². The minimum absolute atomic E-state index is 0.0697. The first-order chi connectivity index (χ1) is 14.0. The Hall–Kier alpha value is -2.67. The van der Waals surface area contributed by atoms with Gasteiger partial charge >= 0.3 is 5.97 Å². The zero-order chi connectivity index (χ0) is 20.5. The fourth-order valence-electron chi connectivity index (χ4n) is 3.85. The molecule has 0 amide bonds. The third kappa shape index (κ3) is 3.67. The van der Waals surface area contributed by atoms with Gasteiger partial charge in [0, 0.05) is 4.88 Å². The largest absolute Gasteiger partial charge is 0.495 e. The standard InChI is InChI=1S/C22H25N3O3S/c1-5-28-22(26)14-6-7-15-18(10-14)29-21-19(15)20(23-11-24-21)25-16-8-12(2)13(3)9-17(16)27-4/h8-9,11,14H,5-7,10H2,1-4H3,(H,23,24,25). The molecule has 3 aromatic rings. The maximum Gasteiger partial charge on any atom is 0.309 e. The van der Waals surface area contributed by atoms with E-state index >= 15 is 0 Å². The third-order valence-electron chi connectivity index (χ3n) is 5.53. The topological polar surface area (TPSA) is 73.3 Å². The molecule has 0 saturated heterocycles. The van der Waals surface area contributed by atoms with Crippen molar-refractivity contribution in [1.82, 2.24) is 9.97 Å². The normalized spacial score (nSPS) is 15.8. The van der Waals surface area contributed by atoms with E-state index in [0.717, 1.165) is 40.3 Å². The van der Waals surface area contributed by atoms with Gasteiger partial charge in [-0.1, -0.05) is 0 Å². The molecule has 0 fully saturated rings. The molecule has 152 valence electrons. The number of carbonyl (C=O) groups excluding carboxylic acids is 1. The van der Waals surface area contributed by atoms with E-state index < -0.39 is 0 Å². The molecule has 0 aliphatic heterocycles. The van der Waals surface area contributed by atoms with Gasteiger partial charge in [-0.05, 0) is 68.9 Å². The average Bonchev–Trinajstić information content (AvgIpc) is 3.09. The van der Waals surface area contributed by atoms with Gasteiger partial charge in [0.05, 0.1) is 30.7 Å². The zero-order valence-corrected chi connectivity index (χ0v) is 18.0. The Labute approximate surface area is 174 Å². The first kappa shape index (κ1) is 19.6. The number of ether oxygens (including phenoxy) is 2. The van der Waals surface area contributed by atoms with Crippen LogP contribution in [0.3, 0.4) is 0 Å². The molecular weight excluding hydrogens is 386 g/mol. The predicted octanol–water partition coefficient (Wildman–Crippen LogP) is 4.73. The van der Waals surface area contributed by atoms with Gasteiger partial charge in [-0.25, -0.2) is 9.97 Å². The molecular formula is C22H25N3O3S. The summed E-state index contributed by atoms with van der Waals surface area (Å²) in [7, 11) is 1.67. The molecule has 1 N–H and O–H groups in total. The van der Waals surface area contributed by atoms with E-state index in [-0.39, 0.29) is 11.9 Å². The van der Waals surface area contributed by atoms with Crippen molar-refractivity contribution in [2.24, 2.45) is 5.92 Å². The van der Waals surface area contributed by atoms with E-state index in [4.69, 9.17) is 9.47 Å². The second-order valence-corrected chi connectivity index (χ2v) is 8.44. The van der Waals surface area contributed by atoms with Gasteiger partial charge in [0.25, 0.3) is 0 Å². The van der Waals surface area contributed by atoms with E-state index in [1.807, 2.05) is 13.0 Å². The van der Waals surface area contributed by atoms with E-state index in [9.17, 15) is 4.79 Å². The molecule has 1 atom stereocenters. The molecule has 1 aliphatic carbocycles. The SMILES string of the molecule is CCOC(=O)C1CCc2c(sc3ncnc(Nc4cc(C)c(C)cc4OC)c23)C1. The number of aryl methyl sites for hydroxylation is 3. The van der Waals surface area contributed by atoms with Crippen LogP contribution in [0.15, 0.2) is 18.5 Å². The molecule has 0 spiro atoms. The van der Waals surface area contributed by atoms with Crippen molar-refractivity contribution < 1.29 is 14.3 Å². The number of carbonyl (C=O) groups is 1. The first-order valence-corrected chi connectivity index (χ1v) is 10.7. The van der Waals surface area contributed by atoms with E-state index in [0.29, 0.717) is 13.0 Å². The second-order valence-electron chi connectivity index (χ2n) is 7.36. The fourth-order valence-corrected chi connectivity index (χ4v) is 5.12. The third-order valence-corrected chi connectivity index (χ3v) is 6.70. The highest BCUT2D eigenvalue weighted by molar-refractivity contribution is 7.19. The number of thiophene rings is 1. The number of hydrogen-bond acceptors (Lipinski definition) is 7. The summed E-state index contributed by atoms with van der Waals surface area (Å²) in [5, 5.41) is 4.51. The molecule has 0 bridgehead atoms. The van der Waals surface area contributed by atoms with Gasteiger partial charge in [-0.15, -0.1) is 11.3 Å². The Bertz CT molecular complexity index is 1080. The van der Waals surface area contributed by atoms with Crippen LogP contribution in [-0.2, 0) is 22.4 Å². The highest BCUT2D eigenvalue weighted by Crippen LogP contribution is 2.41. The molecule has 2 heterocycles. The number of benzene rings is 1. The van der Waals surface area contributed by atoms with Crippen molar-refractivity contribution in [1.29, 1.82) is 0 Å².